The monoisotopic (exact) mass is 312 g/mol. The number of primary amides is 1. The molecule has 0 bridgehead atoms. The van der Waals surface area contributed by atoms with Crippen molar-refractivity contribution in [3.8, 4) is 11.5 Å². The number of benzene rings is 1. The number of rotatable bonds is 10. The molecule has 3 N–H and O–H groups in total. The molecule has 1 aromatic carbocycles. The van der Waals surface area contributed by atoms with Gasteiger partial charge in [0.15, 0.2) is 11.5 Å². The van der Waals surface area contributed by atoms with Crippen molar-refractivity contribution in [2.45, 2.75) is 6.42 Å². The van der Waals surface area contributed by atoms with Gasteiger partial charge in [0.05, 0.1) is 19.4 Å². The van der Waals surface area contributed by atoms with Gasteiger partial charge in [-0.15, -0.1) is 0 Å². The highest BCUT2D eigenvalue weighted by atomic mass is 32.2. The lowest BCUT2D eigenvalue weighted by Crippen LogP contribution is -2.28. The molecule has 7 heteroatoms. The molecule has 0 aromatic heterocycles. The van der Waals surface area contributed by atoms with Crippen molar-refractivity contribution >= 4 is 23.6 Å². The minimum Gasteiger partial charge on any atom is -0.493 e. The Balaban J connectivity index is 2.13. The number of thioether (sulfide) groups is 1. The summed E-state index contributed by atoms with van der Waals surface area (Å²) in [5, 5.41) is 2.74. The molecule has 0 aliphatic heterocycles. The van der Waals surface area contributed by atoms with E-state index < -0.39 is 0 Å². The van der Waals surface area contributed by atoms with E-state index in [1.165, 1.54) is 11.8 Å². The standard InChI is InChI=1S/C14H20N2O4S/c1-19-11-4-2-3-5-12(11)20-8-7-16-14(18)6-9-21-10-13(15)17/h2-5H,6-10H2,1H3,(H2,15,17)(H,16,18). The summed E-state index contributed by atoms with van der Waals surface area (Å²) in [5.41, 5.74) is 5.00. The maximum absolute atomic E-state index is 11.5. The third-order valence-electron chi connectivity index (χ3n) is 2.47. The zero-order valence-electron chi connectivity index (χ0n) is 12.0. The van der Waals surface area contributed by atoms with Crippen molar-refractivity contribution in [1.82, 2.24) is 5.32 Å². The summed E-state index contributed by atoms with van der Waals surface area (Å²) < 4.78 is 10.7. The number of amides is 2. The zero-order valence-corrected chi connectivity index (χ0v) is 12.8. The van der Waals surface area contributed by atoms with Crippen molar-refractivity contribution in [1.29, 1.82) is 0 Å². The Hall–Kier alpha value is -1.89. The van der Waals surface area contributed by atoms with Crippen molar-refractivity contribution in [3.63, 3.8) is 0 Å². The second-order valence-electron chi connectivity index (χ2n) is 4.12. The molecule has 0 fully saturated rings. The van der Waals surface area contributed by atoms with E-state index >= 15 is 0 Å². The highest BCUT2D eigenvalue weighted by Crippen LogP contribution is 2.25. The van der Waals surface area contributed by atoms with Crippen LogP contribution >= 0.6 is 11.8 Å². The van der Waals surface area contributed by atoms with Gasteiger partial charge in [0.2, 0.25) is 11.8 Å². The molecule has 0 atom stereocenters. The smallest absolute Gasteiger partial charge is 0.227 e. The summed E-state index contributed by atoms with van der Waals surface area (Å²) in [6, 6.07) is 7.33. The van der Waals surface area contributed by atoms with Gasteiger partial charge in [-0.3, -0.25) is 9.59 Å². The maximum Gasteiger partial charge on any atom is 0.227 e. The fourth-order valence-electron chi connectivity index (χ4n) is 1.52. The van der Waals surface area contributed by atoms with Gasteiger partial charge < -0.3 is 20.5 Å². The topological polar surface area (TPSA) is 90.7 Å². The van der Waals surface area contributed by atoms with E-state index in [4.69, 9.17) is 15.2 Å². The molecule has 0 saturated carbocycles. The normalized spacial score (nSPS) is 9.95. The second kappa shape index (κ2) is 9.93. The van der Waals surface area contributed by atoms with Gasteiger partial charge in [0, 0.05) is 12.2 Å². The summed E-state index contributed by atoms with van der Waals surface area (Å²) in [4.78, 5) is 22.0. The molecular weight excluding hydrogens is 292 g/mol. The number of carbonyl (C=O) groups excluding carboxylic acids is 2. The Kier molecular flexibility index (Phi) is 8.11. The fourth-order valence-corrected chi connectivity index (χ4v) is 2.19. The Labute approximate surface area is 128 Å². The van der Waals surface area contributed by atoms with Gasteiger partial charge in [-0.25, -0.2) is 0 Å². The van der Waals surface area contributed by atoms with Crippen molar-refractivity contribution in [2.75, 3.05) is 31.8 Å². The van der Waals surface area contributed by atoms with Crippen molar-refractivity contribution in [2.24, 2.45) is 5.73 Å². The van der Waals surface area contributed by atoms with E-state index in [0.29, 0.717) is 36.8 Å². The van der Waals surface area contributed by atoms with Gasteiger partial charge in [0.1, 0.15) is 6.61 Å². The van der Waals surface area contributed by atoms with Crippen LogP contribution in [0.5, 0.6) is 11.5 Å². The number of nitrogens with two attached hydrogens (primary N) is 1. The van der Waals surface area contributed by atoms with E-state index in [2.05, 4.69) is 5.32 Å². The molecule has 21 heavy (non-hydrogen) atoms. The predicted octanol–water partition coefficient (Wildman–Crippen LogP) is 0.799. The Morgan fingerprint density at radius 3 is 2.67 bits per heavy atom. The van der Waals surface area contributed by atoms with Crippen LogP contribution in [0.15, 0.2) is 24.3 Å². The molecule has 1 aromatic rings. The highest BCUT2D eigenvalue weighted by Gasteiger charge is 2.04. The molecule has 0 heterocycles. The molecule has 0 saturated heterocycles. The molecular formula is C14H20N2O4S. The first kappa shape index (κ1) is 17.2. The quantitative estimate of drug-likeness (QED) is 0.624. The first-order valence-electron chi connectivity index (χ1n) is 6.52. The number of para-hydroxylation sites is 2. The molecule has 0 aliphatic rings. The molecule has 6 nitrogen and oxygen atoms in total. The highest BCUT2D eigenvalue weighted by molar-refractivity contribution is 7.99. The molecule has 0 radical (unpaired) electrons. The molecule has 2 amide bonds. The third kappa shape index (κ3) is 7.45. The van der Waals surface area contributed by atoms with Crippen molar-refractivity contribution < 1.29 is 19.1 Å². The van der Waals surface area contributed by atoms with Crippen LogP contribution in [0.25, 0.3) is 0 Å². The lowest BCUT2D eigenvalue weighted by atomic mass is 10.3. The average Bonchev–Trinajstić information content (AvgIpc) is 2.48. The Bertz CT molecular complexity index is 468. The average molecular weight is 312 g/mol. The summed E-state index contributed by atoms with van der Waals surface area (Å²) in [7, 11) is 1.58. The summed E-state index contributed by atoms with van der Waals surface area (Å²) in [6.07, 6.45) is 0.354. The van der Waals surface area contributed by atoms with E-state index in [9.17, 15) is 9.59 Å². The van der Waals surface area contributed by atoms with Crippen LogP contribution in [0.1, 0.15) is 6.42 Å². The van der Waals surface area contributed by atoms with E-state index in [1.54, 1.807) is 13.2 Å². The lowest BCUT2D eigenvalue weighted by molar-refractivity contribution is -0.120. The third-order valence-corrected chi connectivity index (χ3v) is 3.45. The predicted molar refractivity (Wildman–Crippen MR) is 82.6 cm³/mol. The largest absolute Gasteiger partial charge is 0.493 e. The van der Waals surface area contributed by atoms with Crippen LogP contribution in [-0.2, 0) is 9.59 Å². The van der Waals surface area contributed by atoms with Crippen LogP contribution in [0.2, 0.25) is 0 Å². The van der Waals surface area contributed by atoms with E-state index in [1.807, 2.05) is 18.2 Å². The van der Waals surface area contributed by atoms with E-state index in [-0.39, 0.29) is 17.6 Å². The number of nitrogens with one attached hydrogen (secondary N) is 1. The van der Waals surface area contributed by atoms with Crippen LogP contribution in [0.3, 0.4) is 0 Å². The van der Waals surface area contributed by atoms with Crippen LogP contribution < -0.4 is 20.5 Å². The van der Waals surface area contributed by atoms with Crippen LogP contribution in [0, 0.1) is 0 Å². The molecule has 0 unspecified atom stereocenters. The minimum atomic E-state index is -0.370. The molecule has 116 valence electrons. The van der Waals surface area contributed by atoms with Gasteiger partial charge in [-0.2, -0.15) is 11.8 Å². The van der Waals surface area contributed by atoms with Gasteiger partial charge in [0.25, 0.3) is 0 Å². The molecule has 1 rings (SSSR count). The fraction of sp³-hybridized carbons (Fsp3) is 0.429. The molecule has 0 spiro atoms. The SMILES string of the molecule is COc1ccccc1OCCNC(=O)CCSCC(N)=O. The lowest BCUT2D eigenvalue weighted by Gasteiger charge is -2.10. The summed E-state index contributed by atoms with van der Waals surface area (Å²) in [6.45, 7) is 0.776. The first-order valence-corrected chi connectivity index (χ1v) is 7.67. The maximum atomic E-state index is 11.5. The van der Waals surface area contributed by atoms with Gasteiger partial charge in [-0.1, -0.05) is 12.1 Å². The van der Waals surface area contributed by atoms with Crippen LogP contribution in [-0.4, -0.2) is 43.6 Å². The number of hydrogen-bond acceptors (Lipinski definition) is 5. The Morgan fingerprint density at radius 1 is 1.29 bits per heavy atom. The summed E-state index contributed by atoms with van der Waals surface area (Å²) in [5.74, 6) is 1.67. The second-order valence-corrected chi connectivity index (χ2v) is 5.22. The van der Waals surface area contributed by atoms with Gasteiger partial charge in [-0.05, 0) is 12.1 Å². The van der Waals surface area contributed by atoms with Crippen LogP contribution in [0.4, 0.5) is 0 Å². The van der Waals surface area contributed by atoms with E-state index in [0.717, 1.165) is 0 Å². The number of methoxy groups -OCH3 is 1. The Morgan fingerprint density at radius 2 is 2.00 bits per heavy atom. The number of ether oxygens (including phenoxy) is 2. The minimum absolute atomic E-state index is 0.0735. The number of hydrogen-bond donors (Lipinski definition) is 2. The number of carbonyl (C=O) groups is 2. The van der Waals surface area contributed by atoms with Gasteiger partial charge >= 0.3 is 0 Å². The zero-order chi connectivity index (χ0) is 15.5. The van der Waals surface area contributed by atoms with Crippen molar-refractivity contribution in [3.05, 3.63) is 24.3 Å². The summed E-state index contributed by atoms with van der Waals surface area (Å²) >= 11 is 1.35. The first-order chi connectivity index (χ1) is 10.1. The molecule has 0 aliphatic carbocycles.